The molecule has 0 fully saturated rings. The van der Waals surface area contributed by atoms with Crippen LogP contribution < -0.4 is 15.9 Å². The highest BCUT2D eigenvalue weighted by Gasteiger charge is 2.19. The minimum Gasteiger partial charge on any atom is -0.453 e. The van der Waals surface area contributed by atoms with E-state index in [0.29, 0.717) is 5.76 Å². The van der Waals surface area contributed by atoms with Crippen molar-refractivity contribution in [3.63, 3.8) is 0 Å². The Labute approximate surface area is 169 Å². The quantitative estimate of drug-likeness (QED) is 0.512. The molecule has 1 heterocycles. The summed E-state index contributed by atoms with van der Waals surface area (Å²) < 4.78 is 5.92. The lowest BCUT2D eigenvalue weighted by atomic mass is 9.84. The van der Waals surface area contributed by atoms with Crippen LogP contribution in [0.4, 0.5) is 0 Å². The van der Waals surface area contributed by atoms with Crippen molar-refractivity contribution in [1.82, 2.24) is 0 Å². The van der Waals surface area contributed by atoms with Gasteiger partial charge in [-0.25, -0.2) is 0 Å². The van der Waals surface area contributed by atoms with Gasteiger partial charge in [-0.3, -0.25) is 4.79 Å². The van der Waals surface area contributed by atoms with Gasteiger partial charge >= 0.3 is 0 Å². The first-order valence-electron chi connectivity index (χ1n) is 9.21. The third-order valence-electron chi connectivity index (χ3n) is 4.41. The predicted molar refractivity (Wildman–Crippen MR) is 120 cm³/mol. The number of hydrogen-bond acceptors (Lipinski definition) is 2. The molecule has 0 bridgehead atoms. The summed E-state index contributed by atoms with van der Waals surface area (Å²) in [7, 11) is 2.67. The predicted octanol–water partition coefficient (Wildman–Crippen LogP) is 5.13. The topological polar surface area (TPSA) is 30.2 Å². The largest absolute Gasteiger partial charge is 0.453 e. The van der Waals surface area contributed by atoms with Crippen LogP contribution in [0.15, 0.2) is 34.8 Å². The second-order valence-electron chi connectivity index (χ2n) is 7.77. The molecule has 0 spiro atoms. The van der Waals surface area contributed by atoms with Crippen molar-refractivity contribution in [1.29, 1.82) is 0 Å². The minimum atomic E-state index is -0.149. The summed E-state index contributed by atoms with van der Waals surface area (Å²) in [5.41, 5.74) is 3.91. The van der Waals surface area contributed by atoms with Crippen molar-refractivity contribution in [2.45, 2.75) is 47.5 Å². The molecule has 144 valence electrons. The van der Waals surface area contributed by atoms with Crippen molar-refractivity contribution >= 4 is 49.7 Å². The number of unbranched alkanes of at least 4 members (excludes halogenated alkanes) is 1. The van der Waals surface area contributed by atoms with Gasteiger partial charge in [-0.05, 0) is 53.4 Å². The van der Waals surface area contributed by atoms with E-state index in [-0.39, 0.29) is 5.41 Å². The van der Waals surface area contributed by atoms with Gasteiger partial charge in [0.25, 0.3) is 0 Å². The number of aldehydes is 1. The summed E-state index contributed by atoms with van der Waals surface area (Å²) in [6.07, 6.45) is 7.05. The molecule has 2 rings (SSSR count). The van der Waals surface area contributed by atoms with Gasteiger partial charge in [0.15, 0.2) is 12.0 Å². The van der Waals surface area contributed by atoms with Gasteiger partial charge in [-0.1, -0.05) is 63.9 Å². The average molecular weight is 403 g/mol. The Morgan fingerprint density at radius 2 is 1.96 bits per heavy atom. The molecule has 1 atom stereocenters. The van der Waals surface area contributed by atoms with Crippen LogP contribution >= 0.6 is 20.8 Å². The molecule has 1 aromatic heterocycles. The maximum atomic E-state index is 11.3. The number of hydrogen-bond donors (Lipinski definition) is 0. The summed E-state index contributed by atoms with van der Waals surface area (Å²) in [5, 5.41) is 2.68. The zero-order valence-electron chi connectivity index (χ0n) is 16.7. The third kappa shape index (κ3) is 5.43. The Kier molecular flexibility index (Phi) is 7.25. The van der Waals surface area contributed by atoms with Crippen LogP contribution in [0.2, 0.25) is 5.02 Å². The number of benzene rings is 1. The normalized spacial score (nSPS) is 14.5. The molecule has 0 N–H and O–H groups in total. The van der Waals surface area contributed by atoms with Crippen molar-refractivity contribution in [2.24, 2.45) is 5.41 Å². The summed E-state index contributed by atoms with van der Waals surface area (Å²) in [5.74, 6) is 0.360. The van der Waals surface area contributed by atoms with Crippen LogP contribution in [-0.2, 0) is 0 Å². The lowest BCUT2D eigenvalue weighted by Crippen LogP contribution is -2.27. The Hall–Kier alpha value is -1.63. The Morgan fingerprint density at radius 3 is 2.52 bits per heavy atom. The fourth-order valence-corrected chi connectivity index (χ4v) is 3.25. The van der Waals surface area contributed by atoms with Gasteiger partial charge in [0.2, 0.25) is 0 Å². The van der Waals surface area contributed by atoms with E-state index in [9.17, 15) is 4.79 Å². The average Bonchev–Trinajstić information content (AvgIpc) is 3.01. The summed E-state index contributed by atoms with van der Waals surface area (Å²) in [6.45, 7) is 10.7. The Morgan fingerprint density at radius 1 is 1.26 bits per heavy atom. The van der Waals surface area contributed by atoms with Crippen molar-refractivity contribution < 1.29 is 9.21 Å². The van der Waals surface area contributed by atoms with E-state index in [1.807, 2.05) is 18.2 Å². The first-order chi connectivity index (χ1) is 12.7. The third-order valence-corrected chi connectivity index (χ3v) is 5.42. The van der Waals surface area contributed by atoms with Crippen LogP contribution in [-0.4, -0.2) is 6.29 Å². The second kappa shape index (κ2) is 9.04. The molecule has 2 aromatic rings. The Balaban J connectivity index is 2.77. The fraction of sp³-hybridized carbons (Fsp3) is 0.348. The number of furan rings is 1. The highest BCUT2D eigenvalue weighted by Crippen LogP contribution is 2.29. The minimum absolute atomic E-state index is 0.149. The first-order valence-corrected chi connectivity index (χ1v) is 10.2. The molecule has 0 radical (unpaired) electrons. The fourth-order valence-electron chi connectivity index (χ4n) is 2.86. The van der Waals surface area contributed by atoms with E-state index in [0.717, 1.165) is 56.8 Å². The summed E-state index contributed by atoms with van der Waals surface area (Å²) in [6, 6.07) is 7.81. The number of halogens is 1. The van der Waals surface area contributed by atoms with Crippen LogP contribution in [0, 0.1) is 5.41 Å². The van der Waals surface area contributed by atoms with E-state index in [1.165, 1.54) is 0 Å². The van der Waals surface area contributed by atoms with Crippen molar-refractivity contribution in [3.8, 4) is 0 Å². The molecule has 2 nitrogen and oxygen atoms in total. The SMILES string of the molecule is CCC\C=c1/cc(C=O)o/c1=C(/C=C(\C)c1ccc(Cl)c(P)c1)C(C)(C)C. The molecule has 1 aromatic carbocycles. The maximum Gasteiger partial charge on any atom is 0.185 e. The zero-order valence-corrected chi connectivity index (χ0v) is 18.6. The molecule has 1 unspecified atom stereocenters. The highest BCUT2D eigenvalue weighted by molar-refractivity contribution is 7.28. The molecule has 27 heavy (non-hydrogen) atoms. The van der Waals surface area contributed by atoms with Gasteiger partial charge in [-0.15, -0.1) is 9.24 Å². The highest BCUT2D eigenvalue weighted by atomic mass is 35.5. The molecule has 0 saturated carbocycles. The van der Waals surface area contributed by atoms with E-state index in [2.05, 4.69) is 62.1 Å². The van der Waals surface area contributed by atoms with Crippen molar-refractivity contribution in [3.05, 3.63) is 57.3 Å². The monoisotopic (exact) mass is 402 g/mol. The Bertz CT molecular complexity index is 975. The van der Waals surface area contributed by atoms with Gasteiger partial charge in [0.05, 0.1) is 0 Å². The van der Waals surface area contributed by atoms with Crippen LogP contribution in [0.3, 0.4) is 0 Å². The molecular formula is C23H28ClO2P. The number of allylic oxidation sites excluding steroid dienone is 2. The lowest BCUT2D eigenvalue weighted by Gasteiger charge is -2.20. The van der Waals surface area contributed by atoms with Gasteiger partial charge < -0.3 is 4.42 Å². The molecule has 0 aliphatic carbocycles. The van der Waals surface area contributed by atoms with Crippen molar-refractivity contribution in [2.75, 3.05) is 0 Å². The summed E-state index contributed by atoms with van der Waals surface area (Å²) in [4.78, 5) is 11.3. The van der Waals surface area contributed by atoms with Gasteiger partial charge in [-0.2, -0.15) is 0 Å². The van der Waals surface area contributed by atoms with Gasteiger partial charge in [0, 0.05) is 15.8 Å². The van der Waals surface area contributed by atoms with E-state index in [4.69, 9.17) is 16.0 Å². The van der Waals surface area contributed by atoms with E-state index >= 15 is 0 Å². The number of carbonyl (C=O) groups excluding carboxylic acids is 1. The summed E-state index contributed by atoms with van der Waals surface area (Å²) >= 11 is 6.15. The number of carbonyl (C=O) groups is 1. The molecule has 0 amide bonds. The molecule has 0 aliphatic heterocycles. The van der Waals surface area contributed by atoms with E-state index in [1.54, 1.807) is 0 Å². The molecule has 0 aliphatic rings. The molecular weight excluding hydrogens is 375 g/mol. The lowest BCUT2D eigenvalue weighted by molar-refractivity contribution is 0.109. The van der Waals surface area contributed by atoms with Crippen LogP contribution in [0.5, 0.6) is 0 Å². The van der Waals surface area contributed by atoms with E-state index < -0.39 is 0 Å². The molecule has 4 heteroatoms. The van der Waals surface area contributed by atoms with Crippen LogP contribution in [0.25, 0.3) is 17.2 Å². The zero-order chi connectivity index (χ0) is 20.2. The number of rotatable bonds is 5. The van der Waals surface area contributed by atoms with Gasteiger partial charge in [0.1, 0.15) is 5.42 Å². The van der Waals surface area contributed by atoms with Crippen LogP contribution in [0.1, 0.15) is 63.6 Å². The first kappa shape index (κ1) is 21.7. The maximum absolute atomic E-state index is 11.3. The molecule has 0 saturated heterocycles. The standard InChI is InChI=1S/C23H28ClO2P/c1-6-7-8-17-12-18(14-25)26-22(17)19(23(3,4)5)11-15(2)16-9-10-20(24)21(27)13-16/h8-14H,6-7,27H2,1-5H3/b15-11+,17-8+,22-19-. The second-order valence-corrected chi connectivity index (χ2v) is 8.80. The smallest absolute Gasteiger partial charge is 0.185 e.